The SMILES string of the molecule is C[C@H](Cc1ccc(F)cc1)NC(=O)[C@H]1CSCN1. The van der Waals surface area contributed by atoms with Crippen LogP contribution in [0.3, 0.4) is 0 Å². The lowest BCUT2D eigenvalue weighted by molar-refractivity contribution is -0.123. The fourth-order valence-corrected chi connectivity index (χ4v) is 2.87. The Balaban J connectivity index is 1.82. The maximum Gasteiger partial charge on any atom is 0.238 e. The fourth-order valence-electron chi connectivity index (χ4n) is 1.93. The molecule has 5 heteroatoms. The fraction of sp³-hybridized carbons (Fsp3) is 0.462. The number of carbonyl (C=O) groups excluding carboxylic acids is 1. The van der Waals surface area contributed by atoms with Crippen molar-refractivity contribution in [1.82, 2.24) is 10.6 Å². The number of benzene rings is 1. The van der Waals surface area contributed by atoms with Crippen molar-refractivity contribution < 1.29 is 9.18 Å². The summed E-state index contributed by atoms with van der Waals surface area (Å²) in [5, 5.41) is 6.11. The molecule has 1 aromatic rings. The molecule has 2 rings (SSSR count). The molecule has 0 aromatic heterocycles. The smallest absolute Gasteiger partial charge is 0.238 e. The number of carbonyl (C=O) groups is 1. The zero-order valence-corrected chi connectivity index (χ0v) is 11.1. The van der Waals surface area contributed by atoms with Crippen LogP contribution in [0, 0.1) is 5.82 Å². The van der Waals surface area contributed by atoms with E-state index in [4.69, 9.17) is 0 Å². The molecule has 2 atom stereocenters. The van der Waals surface area contributed by atoms with Gasteiger partial charge >= 0.3 is 0 Å². The molecule has 1 fully saturated rings. The van der Waals surface area contributed by atoms with Gasteiger partial charge in [0.1, 0.15) is 5.82 Å². The number of hydrogen-bond acceptors (Lipinski definition) is 3. The largest absolute Gasteiger partial charge is 0.352 e. The molecule has 1 amide bonds. The molecule has 1 saturated heterocycles. The van der Waals surface area contributed by atoms with Crippen molar-refractivity contribution in [3.63, 3.8) is 0 Å². The van der Waals surface area contributed by atoms with Crippen LogP contribution in [-0.4, -0.2) is 29.6 Å². The molecule has 0 saturated carbocycles. The molecule has 1 aromatic carbocycles. The van der Waals surface area contributed by atoms with Crippen LogP contribution in [0.5, 0.6) is 0 Å². The summed E-state index contributed by atoms with van der Waals surface area (Å²) in [6, 6.07) is 6.36. The molecule has 1 aliphatic heterocycles. The Hall–Kier alpha value is -1.07. The Kier molecular flexibility index (Phi) is 4.60. The number of hydrogen-bond donors (Lipinski definition) is 2. The van der Waals surface area contributed by atoms with Crippen LogP contribution < -0.4 is 10.6 Å². The summed E-state index contributed by atoms with van der Waals surface area (Å²) in [7, 11) is 0. The summed E-state index contributed by atoms with van der Waals surface area (Å²) in [5.74, 6) is 1.48. The van der Waals surface area contributed by atoms with E-state index in [1.54, 1.807) is 23.9 Å². The lowest BCUT2D eigenvalue weighted by Gasteiger charge is -2.17. The van der Waals surface area contributed by atoms with Crippen molar-refractivity contribution in [2.75, 3.05) is 11.6 Å². The van der Waals surface area contributed by atoms with Gasteiger partial charge in [-0.1, -0.05) is 12.1 Å². The third kappa shape index (κ3) is 3.71. The third-order valence-corrected chi connectivity index (χ3v) is 3.82. The number of thioether (sulfide) groups is 1. The minimum absolute atomic E-state index is 0.0506. The minimum Gasteiger partial charge on any atom is -0.352 e. The highest BCUT2D eigenvalue weighted by Crippen LogP contribution is 2.10. The zero-order valence-electron chi connectivity index (χ0n) is 10.3. The first kappa shape index (κ1) is 13.4. The highest BCUT2D eigenvalue weighted by molar-refractivity contribution is 7.99. The van der Waals surface area contributed by atoms with Gasteiger partial charge in [0.05, 0.1) is 6.04 Å². The number of rotatable bonds is 4. The average Bonchev–Trinajstić information content (AvgIpc) is 2.85. The van der Waals surface area contributed by atoms with Crippen molar-refractivity contribution >= 4 is 17.7 Å². The summed E-state index contributed by atoms with van der Waals surface area (Å²) in [6.45, 7) is 1.96. The molecule has 0 aliphatic carbocycles. The number of nitrogens with one attached hydrogen (secondary N) is 2. The Morgan fingerprint density at radius 3 is 2.89 bits per heavy atom. The van der Waals surface area contributed by atoms with Crippen molar-refractivity contribution in [2.45, 2.75) is 25.4 Å². The van der Waals surface area contributed by atoms with E-state index in [0.29, 0.717) is 6.42 Å². The first-order valence-corrected chi connectivity index (χ1v) is 7.16. The van der Waals surface area contributed by atoms with E-state index < -0.39 is 0 Å². The molecule has 0 unspecified atom stereocenters. The zero-order chi connectivity index (χ0) is 13.0. The second-order valence-corrected chi connectivity index (χ2v) is 5.54. The van der Waals surface area contributed by atoms with Gasteiger partial charge in [-0.15, -0.1) is 11.8 Å². The average molecular weight is 268 g/mol. The van der Waals surface area contributed by atoms with Crippen molar-refractivity contribution in [1.29, 1.82) is 0 Å². The van der Waals surface area contributed by atoms with Crippen LogP contribution in [0.15, 0.2) is 24.3 Å². The highest BCUT2D eigenvalue weighted by atomic mass is 32.2. The number of halogens is 1. The van der Waals surface area contributed by atoms with E-state index in [0.717, 1.165) is 17.2 Å². The van der Waals surface area contributed by atoms with Gasteiger partial charge in [0.15, 0.2) is 0 Å². The minimum atomic E-state index is -0.234. The monoisotopic (exact) mass is 268 g/mol. The second-order valence-electron chi connectivity index (χ2n) is 4.51. The van der Waals surface area contributed by atoms with Crippen LogP contribution in [0.2, 0.25) is 0 Å². The molecule has 1 aliphatic rings. The van der Waals surface area contributed by atoms with E-state index in [2.05, 4.69) is 10.6 Å². The summed E-state index contributed by atoms with van der Waals surface area (Å²) >= 11 is 1.73. The molecule has 1 heterocycles. The van der Waals surface area contributed by atoms with Crippen LogP contribution >= 0.6 is 11.8 Å². The lowest BCUT2D eigenvalue weighted by atomic mass is 10.1. The van der Waals surface area contributed by atoms with Gasteiger partial charge < -0.3 is 5.32 Å². The molecular weight excluding hydrogens is 251 g/mol. The first-order chi connectivity index (χ1) is 8.65. The van der Waals surface area contributed by atoms with Gasteiger partial charge in [0.2, 0.25) is 5.91 Å². The Morgan fingerprint density at radius 1 is 1.56 bits per heavy atom. The third-order valence-electron chi connectivity index (χ3n) is 2.88. The summed E-state index contributed by atoms with van der Waals surface area (Å²) in [6.07, 6.45) is 0.714. The van der Waals surface area contributed by atoms with Crippen LogP contribution in [0.25, 0.3) is 0 Å². The molecule has 0 radical (unpaired) electrons. The predicted octanol–water partition coefficient (Wildman–Crippen LogP) is 1.54. The quantitative estimate of drug-likeness (QED) is 0.870. The van der Waals surface area contributed by atoms with E-state index in [9.17, 15) is 9.18 Å². The van der Waals surface area contributed by atoms with E-state index in [1.165, 1.54) is 12.1 Å². The lowest BCUT2D eigenvalue weighted by Crippen LogP contribution is -2.46. The highest BCUT2D eigenvalue weighted by Gasteiger charge is 2.23. The molecule has 3 nitrogen and oxygen atoms in total. The van der Waals surface area contributed by atoms with Gasteiger partial charge in [-0.2, -0.15) is 0 Å². The van der Waals surface area contributed by atoms with Crippen LogP contribution in [-0.2, 0) is 11.2 Å². The molecular formula is C13H17FN2OS. The maximum absolute atomic E-state index is 12.8. The molecule has 0 spiro atoms. The molecule has 98 valence electrons. The summed E-state index contributed by atoms with van der Waals surface area (Å²) in [4.78, 5) is 11.9. The maximum atomic E-state index is 12.8. The van der Waals surface area contributed by atoms with Crippen LogP contribution in [0.4, 0.5) is 4.39 Å². The molecule has 18 heavy (non-hydrogen) atoms. The first-order valence-electron chi connectivity index (χ1n) is 6.01. The summed E-state index contributed by atoms with van der Waals surface area (Å²) in [5.41, 5.74) is 1.03. The van der Waals surface area contributed by atoms with Gasteiger partial charge in [-0.25, -0.2) is 4.39 Å². The van der Waals surface area contributed by atoms with Crippen LogP contribution in [0.1, 0.15) is 12.5 Å². The van der Waals surface area contributed by atoms with Gasteiger partial charge in [-0.3, -0.25) is 10.1 Å². The van der Waals surface area contributed by atoms with Gasteiger partial charge in [-0.05, 0) is 31.0 Å². The second kappa shape index (κ2) is 6.20. The topological polar surface area (TPSA) is 41.1 Å². The summed E-state index contributed by atoms with van der Waals surface area (Å²) < 4.78 is 12.8. The van der Waals surface area contributed by atoms with Gasteiger partial charge in [0, 0.05) is 17.7 Å². The van der Waals surface area contributed by atoms with Gasteiger partial charge in [0.25, 0.3) is 0 Å². The van der Waals surface area contributed by atoms with E-state index >= 15 is 0 Å². The number of amides is 1. The van der Waals surface area contributed by atoms with E-state index in [-0.39, 0.29) is 23.8 Å². The predicted molar refractivity (Wildman–Crippen MR) is 72.0 cm³/mol. The normalized spacial score (nSPS) is 20.7. The van der Waals surface area contributed by atoms with Crippen molar-refractivity contribution in [3.8, 4) is 0 Å². The molecule has 2 N–H and O–H groups in total. The standard InChI is InChI=1S/C13H17FN2OS/c1-9(6-10-2-4-11(14)5-3-10)16-13(17)12-7-18-8-15-12/h2-5,9,12,15H,6-8H2,1H3,(H,16,17)/t9-,12-/m1/s1. The Bertz CT molecular complexity index is 404. The Labute approximate surface area is 111 Å². The van der Waals surface area contributed by atoms with E-state index in [1.807, 2.05) is 6.92 Å². The Morgan fingerprint density at radius 2 is 2.28 bits per heavy atom. The van der Waals surface area contributed by atoms with Crippen molar-refractivity contribution in [3.05, 3.63) is 35.6 Å². The molecule has 0 bridgehead atoms. The van der Waals surface area contributed by atoms with Crippen molar-refractivity contribution in [2.24, 2.45) is 0 Å².